The van der Waals surface area contributed by atoms with Crippen molar-refractivity contribution in [1.29, 1.82) is 0 Å². The Labute approximate surface area is 224 Å². The van der Waals surface area contributed by atoms with Gasteiger partial charge in [-0.15, -0.1) is 0 Å². The van der Waals surface area contributed by atoms with Gasteiger partial charge in [-0.05, 0) is 136 Å². The van der Waals surface area contributed by atoms with Crippen molar-refractivity contribution in [2.24, 2.45) is 51.2 Å². The third-order valence-corrected chi connectivity index (χ3v) is 13.8. The topological polar surface area (TPSA) is 76.0 Å². The van der Waals surface area contributed by atoms with Crippen LogP contribution in [0.4, 0.5) is 0 Å². The van der Waals surface area contributed by atoms with Crippen LogP contribution in [-0.4, -0.2) is 46.2 Å². The normalized spacial score (nSPS) is 52.6. The van der Waals surface area contributed by atoms with Crippen LogP contribution in [0.5, 0.6) is 0 Å². The smallest absolute Gasteiger partial charge is 0.309 e. The number of fused-ring (bicyclic) bond motifs is 4. The first-order chi connectivity index (χ1) is 17.3. The molecule has 6 aliphatic carbocycles. The molecule has 0 aromatic rings. The van der Waals surface area contributed by atoms with Crippen LogP contribution < -0.4 is 0 Å². The molecule has 5 nitrogen and oxygen atoms in total. The van der Waals surface area contributed by atoms with Crippen molar-refractivity contribution in [3.63, 3.8) is 0 Å². The molecule has 37 heavy (non-hydrogen) atoms. The standard InChI is InChI=1S/C32H50O5.H2/c1-28(2)24-11-9-19-21-16-23-20(30(21,5)14-15-31(19)17-32(24,31)13-12-25(28)33)8-10-22(36-23)26(29(3,4)35)37-27(34)18-6-7-18;/h18-26,33,35H,6-17H2,1-5H3;1H/t19?,20?,21?,22?,23?,24?,25-,26-,30?,31-,32?;/m0./s1. The molecule has 11 atom stereocenters. The minimum Gasteiger partial charge on any atom is -0.456 e. The third kappa shape index (κ3) is 3.35. The summed E-state index contributed by atoms with van der Waals surface area (Å²) in [5, 5.41) is 21.9. The molecule has 0 amide bonds. The number of aliphatic hydroxyl groups is 2. The van der Waals surface area contributed by atoms with Crippen molar-refractivity contribution in [2.75, 3.05) is 0 Å². The fraction of sp³-hybridized carbons (Fsp3) is 0.969. The van der Waals surface area contributed by atoms with E-state index in [0.717, 1.165) is 44.4 Å². The number of ether oxygens (including phenoxy) is 2. The second-order valence-electron chi connectivity index (χ2n) is 16.1. The van der Waals surface area contributed by atoms with Crippen LogP contribution in [0.1, 0.15) is 113 Å². The Hall–Kier alpha value is -0.650. The molecule has 1 heterocycles. The largest absolute Gasteiger partial charge is 0.456 e. The predicted octanol–water partition coefficient (Wildman–Crippen LogP) is 5.89. The summed E-state index contributed by atoms with van der Waals surface area (Å²) in [4.78, 5) is 12.6. The van der Waals surface area contributed by atoms with Gasteiger partial charge in [0.05, 0.1) is 29.8 Å². The number of hydrogen-bond donors (Lipinski definition) is 2. The fourth-order valence-electron chi connectivity index (χ4n) is 11.7. The Balaban J connectivity index is 0.00000264. The van der Waals surface area contributed by atoms with E-state index in [2.05, 4.69) is 20.8 Å². The van der Waals surface area contributed by atoms with Crippen molar-refractivity contribution in [1.82, 2.24) is 0 Å². The SMILES string of the molecule is CC12CC[C@@]34CC35CC[C@H](O)C(C)(C)C5CCC4C1CC1OC([C@H](OC(=O)C3CC3)C(C)(C)O)CCC12.[HH]. The molecule has 6 saturated carbocycles. The van der Waals surface area contributed by atoms with Gasteiger partial charge in [0.15, 0.2) is 6.10 Å². The molecular weight excluding hydrogens is 464 g/mol. The fourth-order valence-corrected chi connectivity index (χ4v) is 11.7. The first-order valence-electron chi connectivity index (χ1n) is 15.6. The molecule has 1 saturated heterocycles. The van der Waals surface area contributed by atoms with E-state index in [-0.39, 0.29) is 37.0 Å². The van der Waals surface area contributed by atoms with Gasteiger partial charge < -0.3 is 19.7 Å². The summed E-state index contributed by atoms with van der Waals surface area (Å²) in [5.74, 6) is 2.62. The Morgan fingerprint density at radius 3 is 2.38 bits per heavy atom. The summed E-state index contributed by atoms with van der Waals surface area (Å²) >= 11 is 0. The number of rotatable bonds is 4. The average molecular weight is 517 g/mol. The van der Waals surface area contributed by atoms with Gasteiger partial charge in [0.1, 0.15) is 0 Å². The Morgan fingerprint density at radius 1 is 0.946 bits per heavy atom. The highest BCUT2D eigenvalue weighted by Gasteiger charge is 2.80. The summed E-state index contributed by atoms with van der Waals surface area (Å²) < 4.78 is 12.8. The molecule has 210 valence electrons. The van der Waals surface area contributed by atoms with Crippen molar-refractivity contribution in [3.8, 4) is 0 Å². The highest BCUT2D eigenvalue weighted by Crippen LogP contribution is 2.87. The molecule has 8 unspecified atom stereocenters. The molecule has 2 N–H and O–H groups in total. The maximum Gasteiger partial charge on any atom is 0.309 e. The minimum atomic E-state index is -1.11. The van der Waals surface area contributed by atoms with Gasteiger partial charge in [-0.2, -0.15) is 0 Å². The third-order valence-electron chi connectivity index (χ3n) is 13.8. The molecule has 1 aliphatic heterocycles. The minimum absolute atomic E-state index is 0. The van der Waals surface area contributed by atoms with Crippen molar-refractivity contribution in [3.05, 3.63) is 0 Å². The zero-order chi connectivity index (χ0) is 26.2. The quantitative estimate of drug-likeness (QED) is 0.456. The number of carbonyl (C=O) groups is 1. The van der Waals surface area contributed by atoms with Gasteiger partial charge in [-0.1, -0.05) is 20.8 Å². The lowest BCUT2D eigenvalue weighted by Gasteiger charge is -2.59. The van der Waals surface area contributed by atoms with Gasteiger partial charge in [0.2, 0.25) is 0 Å². The molecular formula is C32H52O5. The second kappa shape index (κ2) is 7.75. The second-order valence-corrected chi connectivity index (χ2v) is 16.1. The number of esters is 1. The van der Waals surface area contributed by atoms with E-state index in [1.54, 1.807) is 13.8 Å². The zero-order valence-electron chi connectivity index (χ0n) is 23.8. The number of hydrogen-bond acceptors (Lipinski definition) is 5. The van der Waals surface area contributed by atoms with E-state index in [0.29, 0.717) is 34.0 Å². The van der Waals surface area contributed by atoms with E-state index in [4.69, 9.17) is 9.47 Å². The molecule has 0 radical (unpaired) electrons. The van der Waals surface area contributed by atoms with Crippen LogP contribution in [0.2, 0.25) is 0 Å². The van der Waals surface area contributed by atoms with Crippen molar-refractivity contribution < 1.29 is 25.9 Å². The molecule has 7 fully saturated rings. The lowest BCUT2D eigenvalue weighted by atomic mass is 9.46. The zero-order valence-corrected chi connectivity index (χ0v) is 23.8. The van der Waals surface area contributed by atoms with Crippen LogP contribution in [0.15, 0.2) is 0 Å². The van der Waals surface area contributed by atoms with Gasteiger partial charge in [0.25, 0.3) is 0 Å². The molecule has 2 spiro atoms. The van der Waals surface area contributed by atoms with Gasteiger partial charge in [-0.3, -0.25) is 4.79 Å². The van der Waals surface area contributed by atoms with Gasteiger partial charge in [0, 0.05) is 1.43 Å². The molecule has 7 aliphatic rings. The molecule has 0 bridgehead atoms. The lowest BCUT2D eigenvalue weighted by molar-refractivity contribution is -0.202. The summed E-state index contributed by atoms with van der Waals surface area (Å²) in [7, 11) is 0. The maximum absolute atomic E-state index is 12.6. The van der Waals surface area contributed by atoms with Crippen LogP contribution in [0, 0.1) is 51.2 Å². The monoisotopic (exact) mass is 516 g/mol. The predicted molar refractivity (Wildman–Crippen MR) is 143 cm³/mol. The average Bonchev–Trinajstić information content (AvgIpc) is 3.74. The van der Waals surface area contributed by atoms with Gasteiger partial charge in [-0.25, -0.2) is 0 Å². The molecule has 5 heteroatoms. The van der Waals surface area contributed by atoms with Gasteiger partial charge >= 0.3 is 5.97 Å². The summed E-state index contributed by atoms with van der Waals surface area (Å²) in [5.41, 5.74) is 0.233. The van der Waals surface area contributed by atoms with E-state index in [9.17, 15) is 15.0 Å². The summed E-state index contributed by atoms with van der Waals surface area (Å²) in [6.45, 7) is 10.8. The van der Waals surface area contributed by atoms with Crippen molar-refractivity contribution >= 4 is 5.97 Å². The summed E-state index contributed by atoms with van der Waals surface area (Å²) in [6.07, 6.45) is 13.1. The lowest BCUT2D eigenvalue weighted by Crippen LogP contribution is -2.54. The van der Waals surface area contributed by atoms with Crippen LogP contribution in [0.3, 0.4) is 0 Å². The Morgan fingerprint density at radius 2 is 1.68 bits per heavy atom. The Bertz CT molecular complexity index is 971. The maximum atomic E-state index is 12.6. The van der Waals surface area contributed by atoms with E-state index >= 15 is 0 Å². The Kier molecular flexibility index (Phi) is 5.31. The van der Waals surface area contributed by atoms with E-state index in [1.165, 1.54) is 38.5 Å². The molecule has 7 rings (SSSR count). The first-order valence-corrected chi connectivity index (χ1v) is 15.6. The van der Waals surface area contributed by atoms with Crippen molar-refractivity contribution in [2.45, 2.75) is 142 Å². The molecule has 0 aromatic carbocycles. The van der Waals surface area contributed by atoms with E-state index < -0.39 is 11.7 Å². The highest BCUT2D eigenvalue weighted by molar-refractivity contribution is 5.75. The number of aliphatic hydroxyl groups excluding tert-OH is 1. The van der Waals surface area contributed by atoms with Crippen LogP contribution in [0.25, 0.3) is 0 Å². The van der Waals surface area contributed by atoms with E-state index in [1.807, 2.05) is 0 Å². The van der Waals surface area contributed by atoms with Crippen LogP contribution >= 0.6 is 0 Å². The number of carbonyl (C=O) groups excluding carboxylic acids is 1. The molecule has 0 aromatic heterocycles. The summed E-state index contributed by atoms with van der Waals surface area (Å²) in [6, 6.07) is 0. The van der Waals surface area contributed by atoms with Crippen LogP contribution in [-0.2, 0) is 14.3 Å². The first kappa shape index (κ1) is 25.3. The highest BCUT2D eigenvalue weighted by atomic mass is 16.6.